The molecule has 0 aliphatic heterocycles. The quantitative estimate of drug-likeness (QED) is 0.167. The zero-order valence-electron chi connectivity index (χ0n) is 31.3. The van der Waals surface area contributed by atoms with Crippen LogP contribution < -0.4 is 4.90 Å². The maximum absolute atomic E-state index is 2.46. The molecule has 3 aromatic heterocycles. The van der Waals surface area contributed by atoms with E-state index in [-0.39, 0.29) is 0 Å². The highest BCUT2D eigenvalue weighted by molar-refractivity contribution is 6.18. The van der Waals surface area contributed by atoms with Crippen molar-refractivity contribution in [2.24, 2.45) is 0 Å². The van der Waals surface area contributed by atoms with Gasteiger partial charge in [-0.1, -0.05) is 102 Å². The molecule has 11 aromatic rings. The summed E-state index contributed by atoms with van der Waals surface area (Å²) in [6, 6.07) is 68.6. The van der Waals surface area contributed by atoms with Crippen LogP contribution in [0, 0.1) is 13.8 Å². The topological polar surface area (TPSA) is 18.0 Å². The van der Waals surface area contributed by atoms with Crippen molar-refractivity contribution in [3.63, 3.8) is 0 Å². The molecule has 0 unspecified atom stereocenters. The van der Waals surface area contributed by atoms with Crippen LogP contribution in [-0.4, -0.2) is 13.7 Å². The van der Waals surface area contributed by atoms with Crippen molar-refractivity contribution in [1.82, 2.24) is 13.7 Å². The van der Waals surface area contributed by atoms with Crippen LogP contribution in [-0.2, 0) is 0 Å². The van der Waals surface area contributed by atoms with Gasteiger partial charge in [-0.25, -0.2) is 0 Å². The normalized spacial score (nSPS) is 11.8. The predicted octanol–water partition coefficient (Wildman–Crippen LogP) is 13.9. The Morgan fingerprint density at radius 2 is 0.929 bits per heavy atom. The first-order chi connectivity index (χ1) is 27.6. The van der Waals surface area contributed by atoms with Gasteiger partial charge in [-0.2, -0.15) is 0 Å². The lowest BCUT2D eigenvalue weighted by molar-refractivity contribution is 1.13. The van der Waals surface area contributed by atoms with Crippen LogP contribution in [0.2, 0.25) is 0 Å². The van der Waals surface area contributed by atoms with Gasteiger partial charge in [-0.05, 0) is 111 Å². The molecule has 0 amide bonds. The lowest BCUT2D eigenvalue weighted by Crippen LogP contribution is -2.10. The van der Waals surface area contributed by atoms with E-state index in [1.807, 2.05) is 0 Å². The summed E-state index contributed by atoms with van der Waals surface area (Å²) in [6.07, 6.45) is 2.20. The third-order valence-corrected chi connectivity index (χ3v) is 11.4. The minimum atomic E-state index is 1.09. The summed E-state index contributed by atoms with van der Waals surface area (Å²) in [5, 5.41) is 6.17. The van der Waals surface area contributed by atoms with Gasteiger partial charge in [0.2, 0.25) is 0 Å². The maximum Gasteiger partial charge on any atom is 0.0635 e. The van der Waals surface area contributed by atoms with E-state index in [1.54, 1.807) is 0 Å². The Kier molecular flexibility index (Phi) is 7.26. The minimum absolute atomic E-state index is 1.09. The number of hydrogen-bond donors (Lipinski definition) is 0. The van der Waals surface area contributed by atoms with Gasteiger partial charge in [0, 0.05) is 67.3 Å². The largest absolute Gasteiger partial charge is 0.316 e. The van der Waals surface area contributed by atoms with Crippen LogP contribution in [0.25, 0.3) is 71.6 Å². The van der Waals surface area contributed by atoms with Crippen LogP contribution in [0.1, 0.15) is 11.1 Å². The predicted molar refractivity (Wildman–Crippen MR) is 236 cm³/mol. The van der Waals surface area contributed by atoms with Gasteiger partial charge >= 0.3 is 0 Å². The monoisotopic (exact) mass is 718 g/mol. The Labute approximate surface area is 325 Å². The van der Waals surface area contributed by atoms with Gasteiger partial charge in [-0.15, -0.1) is 0 Å². The van der Waals surface area contributed by atoms with Crippen LogP contribution in [0.5, 0.6) is 0 Å². The Hall–Kier alpha value is -7.30. The molecule has 4 heteroatoms. The van der Waals surface area contributed by atoms with Crippen LogP contribution in [0.4, 0.5) is 17.1 Å². The molecule has 266 valence electrons. The van der Waals surface area contributed by atoms with E-state index in [1.165, 1.54) is 65.6 Å². The molecule has 0 N–H and O–H groups in total. The van der Waals surface area contributed by atoms with Crippen molar-refractivity contribution in [1.29, 1.82) is 0 Å². The molecule has 0 bridgehead atoms. The fraction of sp³-hybridized carbons (Fsp3) is 0.0385. The first kappa shape index (κ1) is 32.2. The summed E-state index contributed by atoms with van der Waals surface area (Å²) in [5.41, 5.74) is 15.2. The summed E-state index contributed by atoms with van der Waals surface area (Å²) in [5.74, 6) is 0. The van der Waals surface area contributed by atoms with Gasteiger partial charge in [0.1, 0.15) is 0 Å². The number of benzene rings is 8. The Balaban J connectivity index is 1.13. The van der Waals surface area contributed by atoms with Gasteiger partial charge in [0.25, 0.3) is 0 Å². The van der Waals surface area contributed by atoms with Crippen molar-refractivity contribution in [3.8, 4) is 17.1 Å². The average molecular weight is 719 g/mol. The third-order valence-electron chi connectivity index (χ3n) is 11.4. The lowest BCUT2D eigenvalue weighted by Gasteiger charge is -2.26. The molecule has 3 heterocycles. The van der Waals surface area contributed by atoms with Crippen molar-refractivity contribution in [3.05, 3.63) is 205 Å². The van der Waals surface area contributed by atoms with Gasteiger partial charge in [0.05, 0.1) is 27.6 Å². The number of nitrogens with zero attached hydrogens (tertiary/aromatic N) is 4. The molecule has 0 atom stereocenters. The third kappa shape index (κ3) is 5.00. The Morgan fingerprint density at radius 1 is 0.339 bits per heavy atom. The summed E-state index contributed by atoms with van der Waals surface area (Å²) in [4.78, 5) is 2.40. The van der Waals surface area contributed by atoms with E-state index in [0.717, 1.165) is 34.1 Å². The molecular weight excluding hydrogens is 681 g/mol. The van der Waals surface area contributed by atoms with E-state index >= 15 is 0 Å². The summed E-state index contributed by atoms with van der Waals surface area (Å²) < 4.78 is 7.13. The Bertz CT molecular complexity index is 3250. The molecule has 0 aliphatic rings. The van der Waals surface area contributed by atoms with E-state index in [4.69, 9.17) is 0 Å². The first-order valence-electron chi connectivity index (χ1n) is 19.3. The van der Waals surface area contributed by atoms with E-state index in [9.17, 15) is 0 Å². The van der Waals surface area contributed by atoms with E-state index in [2.05, 4.69) is 227 Å². The molecule has 11 rings (SSSR count). The molecule has 0 radical (unpaired) electrons. The summed E-state index contributed by atoms with van der Waals surface area (Å²) in [7, 11) is 0. The highest BCUT2D eigenvalue weighted by atomic mass is 15.1. The van der Waals surface area contributed by atoms with Crippen LogP contribution in [0.3, 0.4) is 0 Å². The van der Waals surface area contributed by atoms with Crippen LogP contribution >= 0.6 is 0 Å². The van der Waals surface area contributed by atoms with Crippen molar-refractivity contribution in [2.45, 2.75) is 13.8 Å². The number of para-hydroxylation sites is 3. The fourth-order valence-electron chi connectivity index (χ4n) is 8.74. The lowest BCUT2D eigenvalue weighted by atomic mass is 10.1. The molecule has 0 saturated heterocycles. The SMILES string of the molecule is Cc1ccc(N(c2cccc(-n3c4ccccc4c4ccc5c(ccn5-c5ccccc5)c43)c2)c2ccc3c(c2)c2ccccc2n3-c2ccc(C)cc2)cc1. The number of rotatable bonds is 6. The summed E-state index contributed by atoms with van der Waals surface area (Å²) in [6.45, 7) is 4.29. The van der Waals surface area contributed by atoms with Crippen molar-refractivity contribution in [2.75, 3.05) is 4.90 Å². The van der Waals surface area contributed by atoms with Crippen molar-refractivity contribution < 1.29 is 0 Å². The van der Waals surface area contributed by atoms with Crippen LogP contribution in [0.15, 0.2) is 194 Å². The molecule has 0 spiro atoms. The number of aromatic nitrogens is 3. The standard InChI is InChI=1S/C52H38N4/c1-35-19-23-38(24-20-35)54(42-27-29-51-47(34-42)44-16-7-8-17-49(44)55(51)39-25-21-36(2)22-26-39)40-13-10-14-41(33-40)56-50-18-9-6-15-43(50)45-28-30-48-46(52(45)56)31-32-53(48)37-11-4-3-5-12-37/h3-34H,1-2H3. The molecular formula is C52H38N4. The van der Waals surface area contributed by atoms with Gasteiger partial charge < -0.3 is 18.6 Å². The maximum atomic E-state index is 2.46. The highest BCUT2D eigenvalue weighted by Crippen LogP contribution is 2.42. The smallest absolute Gasteiger partial charge is 0.0635 e. The second-order valence-corrected chi connectivity index (χ2v) is 14.8. The fourth-order valence-corrected chi connectivity index (χ4v) is 8.74. The zero-order valence-corrected chi connectivity index (χ0v) is 31.3. The number of fused-ring (bicyclic) bond motifs is 8. The zero-order chi connectivity index (χ0) is 37.3. The number of aryl methyl sites for hydroxylation is 2. The highest BCUT2D eigenvalue weighted by Gasteiger charge is 2.20. The molecule has 56 heavy (non-hydrogen) atoms. The molecule has 8 aromatic carbocycles. The first-order valence-corrected chi connectivity index (χ1v) is 19.3. The Morgan fingerprint density at radius 3 is 1.70 bits per heavy atom. The molecule has 0 saturated carbocycles. The van der Waals surface area contributed by atoms with Gasteiger partial charge in [0.15, 0.2) is 0 Å². The number of anilines is 3. The molecule has 0 aliphatic carbocycles. The van der Waals surface area contributed by atoms with E-state index < -0.39 is 0 Å². The van der Waals surface area contributed by atoms with Gasteiger partial charge in [-0.3, -0.25) is 0 Å². The molecule has 4 nitrogen and oxygen atoms in total. The summed E-state index contributed by atoms with van der Waals surface area (Å²) >= 11 is 0. The second-order valence-electron chi connectivity index (χ2n) is 14.8. The molecule has 0 fully saturated rings. The average Bonchev–Trinajstić information content (AvgIpc) is 3.93. The second kappa shape index (κ2) is 12.6. The number of hydrogen-bond acceptors (Lipinski definition) is 1. The van der Waals surface area contributed by atoms with E-state index in [0.29, 0.717) is 0 Å². The van der Waals surface area contributed by atoms with Crippen molar-refractivity contribution >= 4 is 71.6 Å². The minimum Gasteiger partial charge on any atom is -0.316 e.